The highest BCUT2D eigenvalue weighted by atomic mass is 16.2. The molecule has 0 aliphatic carbocycles. The number of para-hydroxylation sites is 1. The molecule has 7 nitrogen and oxygen atoms in total. The van der Waals surface area contributed by atoms with Crippen molar-refractivity contribution in [2.45, 2.75) is 6.92 Å². The summed E-state index contributed by atoms with van der Waals surface area (Å²) in [5.74, 6) is 0.448. The van der Waals surface area contributed by atoms with E-state index in [0.717, 1.165) is 5.56 Å². The molecule has 3 aromatic rings. The van der Waals surface area contributed by atoms with Gasteiger partial charge in [-0.1, -0.05) is 12.1 Å². The summed E-state index contributed by atoms with van der Waals surface area (Å²) < 4.78 is 0. The van der Waals surface area contributed by atoms with E-state index >= 15 is 0 Å². The molecule has 7 heteroatoms. The second kappa shape index (κ2) is 3.84. The Labute approximate surface area is 106 Å². The maximum absolute atomic E-state index is 11.6. The number of H-pyrrole nitrogens is 3. The van der Waals surface area contributed by atoms with Gasteiger partial charge in [0, 0.05) is 11.3 Å². The van der Waals surface area contributed by atoms with Crippen molar-refractivity contribution in [3.63, 3.8) is 0 Å². The van der Waals surface area contributed by atoms with Crippen LogP contribution < -0.4 is 17.0 Å². The average molecular weight is 257 g/mol. The van der Waals surface area contributed by atoms with Gasteiger partial charge in [0.1, 0.15) is 11.3 Å². The van der Waals surface area contributed by atoms with E-state index in [1.165, 1.54) is 0 Å². The Morgan fingerprint density at radius 3 is 2.74 bits per heavy atom. The van der Waals surface area contributed by atoms with Crippen LogP contribution in [0.25, 0.3) is 22.6 Å². The number of nitrogen functional groups attached to an aromatic ring is 1. The van der Waals surface area contributed by atoms with Crippen LogP contribution in [0.3, 0.4) is 0 Å². The number of hydrogen-bond acceptors (Lipinski definition) is 4. The molecule has 0 atom stereocenters. The van der Waals surface area contributed by atoms with Crippen molar-refractivity contribution in [3.8, 4) is 11.4 Å². The lowest BCUT2D eigenvalue weighted by Gasteiger charge is -2.04. The van der Waals surface area contributed by atoms with E-state index in [0.29, 0.717) is 17.1 Å². The minimum absolute atomic E-state index is 0.213. The first-order chi connectivity index (χ1) is 9.06. The molecule has 0 fully saturated rings. The maximum Gasteiger partial charge on any atom is 0.327 e. The number of imidazole rings is 1. The fraction of sp³-hybridized carbons (Fsp3) is 0.0833. The lowest BCUT2D eigenvalue weighted by Crippen LogP contribution is -2.21. The molecule has 96 valence electrons. The summed E-state index contributed by atoms with van der Waals surface area (Å²) in [7, 11) is 0. The molecular formula is C12H11N5O2. The van der Waals surface area contributed by atoms with E-state index in [-0.39, 0.29) is 11.2 Å². The fourth-order valence-electron chi connectivity index (χ4n) is 1.95. The molecule has 0 bridgehead atoms. The van der Waals surface area contributed by atoms with E-state index in [9.17, 15) is 9.59 Å². The zero-order valence-electron chi connectivity index (χ0n) is 10.1. The number of aryl methyl sites for hydroxylation is 1. The third-order valence-corrected chi connectivity index (χ3v) is 2.97. The summed E-state index contributed by atoms with van der Waals surface area (Å²) in [6.45, 7) is 1.89. The van der Waals surface area contributed by atoms with Crippen LogP contribution in [0.2, 0.25) is 0 Å². The van der Waals surface area contributed by atoms with Crippen LogP contribution in [0.1, 0.15) is 5.56 Å². The van der Waals surface area contributed by atoms with Gasteiger partial charge in [-0.25, -0.2) is 9.78 Å². The van der Waals surface area contributed by atoms with Gasteiger partial charge in [-0.2, -0.15) is 0 Å². The Morgan fingerprint density at radius 1 is 1.16 bits per heavy atom. The van der Waals surface area contributed by atoms with Gasteiger partial charge in [0.2, 0.25) is 0 Å². The fourth-order valence-corrected chi connectivity index (χ4v) is 1.95. The largest absolute Gasteiger partial charge is 0.398 e. The highest BCUT2D eigenvalue weighted by molar-refractivity contribution is 5.80. The molecule has 0 saturated carbocycles. The first-order valence-corrected chi connectivity index (χ1v) is 5.64. The predicted molar refractivity (Wildman–Crippen MR) is 71.9 cm³/mol. The van der Waals surface area contributed by atoms with Gasteiger partial charge < -0.3 is 10.7 Å². The van der Waals surface area contributed by atoms with Gasteiger partial charge >= 0.3 is 5.69 Å². The molecule has 0 amide bonds. The normalized spacial score (nSPS) is 11.0. The van der Waals surface area contributed by atoms with E-state index in [4.69, 9.17) is 5.73 Å². The van der Waals surface area contributed by atoms with Crippen LogP contribution >= 0.6 is 0 Å². The molecule has 0 radical (unpaired) electrons. The lowest BCUT2D eigenvalue weighted by molar-refractivity contribution is 1.07. The average Bonchev–Trinajstić information content (AvgIpc) is 2.76. The Kier molecular flexibility index (Phi) is 2.28. The molecule has 0 saturated heterocycles. The summed E-state index contributed by atoms with van der Waals surface area (Å²) >= 11 is 0. The Balaban J connectivity index is 2.33. The van der Waals surface area contributed by atoms with Crippen LogP contribution in [0, 0.1) is 6.92 Å². The minimum Gasteiger partial charge on any atom is -0.398 e. The molecule has 5 N–H and O–H groups in total. The number of aromatic nitrogens is 4. The third-order valence-electron chi connectivity index (χ3n) is 2.97. The van der Waals surface area contributed by atoms with Crippen LogP contribution in [-0.2, 0) is 0 Å². The van der Waals surface area contributed by atoms with Crippen molar-refractivity contribution in [3.05, 3.63) is 44.6 Å². The SMILES string of the molecule is Cc1cccc(-c2nc3[nH]c(=O)[nH]c(=O)c3[nH]2)c1N. The van der Waals surface area contributed by atoms with Crippen LogP contribution in [0.5, 0.6) is 0 Å². The second-order valence-corrected chi connectivity index (χ2v) is 4.25. The molecule has 0 aliphatic rings. The van der Waals surface area contributed by atoms with Gasteiger partial charge in [-0.3, -0.25) is 14.8 Å². The summed E-state index contributed by atoms with van der Waals surface area (Å²) in [5, 5.41) is 0. The van der Waals surface area contributed by atoms with Crippen molar-refractivity contribution in [2.24, 2.45) is 0 Å². The summed E-state index contributed by atoms with van der Waals surface area (Å²) in [5.41, 5.74) is 7.51. The topological polar surface area (TPSA) is 120 Å². The number of nitrogens with one attached hydrogen (secondary N) is 3. The number of anilines is 1. The Hall–Kier alpha value is -2.83. The number of rotatable bonds is 1. The lowest BCUT2D eigenvalue weighted by atomic mass is 10.1. The first-order valence-electron chi connectivity index (χ1n) is 5.64. The molecule has 0 spiro atoms. The quantitative estimate of drug-likeness (QED) is 0.474. The zero-order chi connectivity index (χ0) is 13.6. The van der Waals surface area contributed by atoms with Crippen LogP contribution in [0.15, 0.2) is 27.8 Å². The Bertz CT molecular complexity index is 887. The van der Waals surface area contributed by atoms with Gasteiger partial charge in [-0.15, -0.1) is 0 Å². The number of benzene rings is 1. The summed E-state index contributed by atoms with van der Waals surface area (Å²) in [6, 6.07) is 5.53. The number of fused-ring (bicyclic) bond motifs is 1. The van der Waals surface area contributed by atoms with Crippen molar-refractivity contribution in [1.82, 2.24) is 19.9 Å². The minimum atomic E-state index is -0.590. The van der Waals surface area contributed by atoms with Gasteiger partial charge in [0.15, 0.2) is 5.65 Å². The van der Waals surface area contributed by atoms with Crippen molar-refractivity contribution >= 4 is 16.9 Å². The molecule has 1 aromatic carbocycles. The zero-order valence-corrected chi connectivity index (χ0v) is 10.1. The predicted octanol–water partition coefficient (Wildman–Crippen LogP) is 0.497. The molecule has 19 heavy (non-hydrogen) atoms. The molecule has 3 rings (SSSR count). The third kappa shape index (κ3) is 1.71. The van der Waals surface area contributed by atoms with Gasteiger partial charge in [0.25, 0.3) is 5.56 Å². The van der Waals surface area contributed by atoms with E-state index in [1.54, 1.807) is 6.07 Å². The number of aromatic amines is 3. The van der Waals surface area contributed by atoms with E-state index in [1.807, 2.05) is 19.1 Å². The molecule has 2 aromatic heterocycles. The van der Waals surface area contributed by atoms with E-state index in [2.05, 4.69) is 19.9 Å². The standard InChI is InChI=1S/C12H11N5O2/c1-5-3-2-4-6(7(5)13)9-14-8-10(15-9)16-12(19)17-11(8)18/h2-4H,13H2,1H3,(H3,14,15,16,17,18,19). The summed E-state index contributed by atoms with van der Waals surface area (Å²) in [6.07, 6.45) is 0. The molecule has 0 unspecified atom stereocenters. The number of hydrogen-bond donors (Lipinski definition) is 4. The van der Waals surface area contributed by atoms with Crippen LogP contribution in [-0.4, -0.2) is 19.9 Å². The monoisotopic (exact) mass is 257 g/mol. The molecular weight excluding hydrogens is 246 g/mol. The highest BCUT2D eigenvalue weighted by Gasteiger charge is 2.12. The van der Waals surface area contributed by atoms with Gasteiger partial charge in [0.05, 0.1) is 0 Å². The van der Waals surface area contributed by atoms with Crippen molar-refractivity contribution in [2.75, 3.05) is 5.73 Å². The number of nitrogens with two attached hydrogens (primary N) is 1. The molecule has 2 heterocycles. The Morgan fingerprint density at radius 2 is 1.95 bits per heavy atom. The molecule has 0 aliphatic heterocycles. The number of nitrogens with zero attached hydrogens (tertiary/aromatic N) is 1. The van der Waals surface area contributed by atoms with Gasteiger partial charge in [-0.05, 0) is 18.6 Å². The van der Waals surface area contributed by atoms with Crippen molar-refractivity contribution in [1.29, 1.82) is 0 Å². The van der Waals surface area contributed by atoms with Crippen LogP contribution in [0.4, 0.5) is 5.69 Å². The smallest absolute Gasteiger partial charge is 0.327 e. The first kappa shape index (κ1) is 11.3. The second-order valence-electron chi connectivity index (χ2n) is 4.25. The van der Waals surface area contributed by atoms with Crippen molar-refractivity contribution < 1.29 is 0 Å². The van der Waals surface area contributed by atoms with E-state index < -0.39 is 11.2 Å². The maximum atomic E-state index is 11.6. The summed E-state index contributed by atoms with van der Waals surface area (Å²) in [4.78, 5) is 34.5. The highest BCUT2D eigenvalue weighted by Crippen LogP contribution is 2.26.